The van der Waals surface area contributed by atoms with Gasteiger partial charge in [-0.15, -0.1) is 0 Å². The highest BCUT2D eigenvalue weighted by Gasteiger charge is 2.11. The molecule has 0 saturated heterocycles. The summed E-state index contributed by atoms with van der Waals surface area (Å²) in [6.45, 7) is 8.09. The first kappa shape index (κ1) is 15.4. The van der Waals surface area contributed by atoms with Crippen molar-refractivity contribution in [2.75, 3.05) is 6.61 Å². The van der Waals surface area contributed by atoms with Crippen molar-refractivity contribution in [2.45, 2.75) is 40.5 Å². The predicted molar refractivity (Wildman–Crippen MR) is 75.8 cm³/mol. The molecular formula is C16H22O3. The van der Waals surface area contributed by atoms with E-state index in [1.807, 2.05) is 13.0 Å². The van der Waals surface area contributed by atoms with Crippen LogP contribution in [0.1, 0.15) is 50.0 Å². The standard InChI is InChI=1S/C16H22O3/c1-5-15(18)13-6-7-14(8-12(4)17)16(9-13)19-10-11(2)3/h6-7,9,11H,5,8,10H2,1-4H3. The lowest BCUT2D eigenvalue weighted by Gasteiger charge is -2.13. The summed E-state index contributed by atoms with van der Waals surface area (Å²) in [6.07, 6.45) is 0.809. The van der Waals surface area contributed by atoms with Crippen LogP contribution in [-0.4, -0.2) is 18.2 Å². The highest BCUT2D eigenvalue weighted by Crippen LogP contribution is 2.23. The smallest absolute Gasteiger partial charge is 0.162 e. The quantitative estimate of drug-likeness (QED) is 0.707. The number of benzene rings is 1. The Kier molecular flexibility index (Phi) is 5.74. The van der Waals surface area contributed by atoms with Gasteiger partial charge in [0, 0.05) is 24.0 Å². The van der Waals surface area contributed by atoms with Gasteiger partial charge in [0.15, 0.2) is 5.78 Å². The second-order valence-corrected chi connectivity index (χ2v) is 5.18. The van der Waals surface area contributed by atoms with Crippen LogP contribution in [0.15, 0.2) is 18.2 Å². The van der Waals surface area contributed by atoms with E-state index in [0.29, 0.717) is 36.7 Å². The van der Waals surface area contributed by atoms with Gasteiger partial charge in [0.05, 0.1) is 6.61 Å². The Morgan fingerprint density at radius 1 is 1.26 bits per heavy atom. The molecule has 0 spiro atoms. The van der Waals surface area contributed by atoms with Crippen LogP contribution in [0.2, 0.25) is 0 Å². The summed E-state index contributed by atoms with van der Waals surface area (Å²) in [7, 11) is 0. The molecule has 1 rings (SSSR count). The number of carbonyl (C=O) groups excluding carboxylic acids is 2. The summed E-state index contributed by atoms with van der Waals surface area (Å²) >= 11 is 0. The van der Waals surface area contributed by atoms with Gasteiger partial charge in [-0.25, -0.2) is 0 Å². The zero-order valence-electron chi connectivity index (χ0n) is 12.2. The Morgan fingerprint density at radius 2 is 1.95 bits per heavy atom. The molecule has 0 aliphatic carbocycles. The average molecular weight is 262 g/mol. The Balaban J connectivity index is 3.02. The minimum Gasteiger partial charge on any atom is -0.493 e. The minimum atomic E-state index is 0.0868. The van der Waals surface area contributed by atoms with Crippen LogP contribution in [0, 0.1) is 5.92 Å². The van der Waals surface area contributed by atoms with E-state index in [1.54, 1.807) is 19.1 Å². The van der Waals surface area contributed by atoms with Crippen molar-refractivity contribution in [1.29, 1.82) is 0 Å². The van der Waals surface area contributed by atoms with E-state index in [9.17, 15) is 9.59 Å². The molecule has 0 amide bonds. The van der Waals surface area contributed by atoms with Crippen molar-refractivity contribution in [3.05, 3.63) is 29.3 Å². The van der Waals surface area contributed by atoms with Gasteiger partial charge in [-0.1, -0.05) is 32.9 Å². The van der Waals surface area contributed by atoms with Gasteiger partial charge >= 0.3 is 0 Å². The molecule has 0 saturated carbocycles. The normalized spacial score (nSPS) is 10.6. The lowest BCUT2D eigenvalue weighted by atomic mass is 10.0. The molecule has 0 aliphatic heterocycles. The molecule has 3 heteroatoms. The molecule has 3 nitrogen and oxygen atoms in total. The van der Waals surface area contributed by atoms with E-state index in [0.717, 1.165) is 5.56 Å². The first-order valence-electron chi connectivity index (χ1n) is 6.72. The summed E-state index contributed by atoms with van der Waals surface area (Å²) in [5.41, 5.74) is 1.49. The topological polar surface area (TPSA) is 43.4 Å². The molecule has 0 atom stereocenters. The lowest BCUT2D eigenvalue weighted by molar-refractivity contribution is -0.116. The summed E-state index contributed by atoms with van der Waals surface area (Å²) < 4.78 is 5.73. The van der Waals surface area contributed by atoms with Gasteiger partial charge in [-0.05, 0) is 18.9 Å². The van der Waals surface area contributed by atoms with Crippen LogP contribution in [0.3, 0.4) is 0 Å². The number of carbonyl (C=O) groups is 2. The number of ether oxygens (including phenoxy) is 1. The highest BCUT2D eigenvalue weighted by atomic mass is 16.5. The van der Waals surface area contributed by atoms with Crippen LogP contribution >= 0.6 is 0 Å². The molecule has 0 bridgehead atoms. The Bertz CT molecular complexity index is 461. The van der Waals surface area contributed by atoms with Gasteiger partial charge in [-0.3, -0.25) is 9.59 Å². The monoisotopic (exact) mass is 262 g/mol. The first-order chi connectivity index (χ1) is 8.93. The summed E-state index contributed by atoms with van der Waals surface area (Å²) in [4.78, 5) is 23.0. The molecule has 0 aromatic heterocycles. The van der Waals surface area contributed by atoms with E-state index < -0.39 is 0 Å². The Morgan fingerprint density at radius 3 is 2.47 bits per heavy atom. The van der Waals surface area contributed by atoms with Crippen LogP contribution in [0.4, 0.5) is 0 Å². The molecule has 19 heavy (non-hydrogen) atoms. The maximum absolute atomic E-state index is 11.7. The van der Waals surface area contributed by atoms with Crippen molar-refractivity contribution in [3.8, 4) is 5.75 Å². The second kappa shape index (κ2) is 7.07. The third kappa shape index (κ3) is 4.86. The van der Waals surface area contributed by atoms with E-state index in [-0.39, 0.29) is 11.6 Å². The third-order valence-corrected chi connectivity index (χ3v) is 2.72. The minimum absolute atomic E-state index is 0.0868. The molecule has 104 valence electrons. The average Bonchev–Trinajstić information content (AvgIpc) is 2.35. The first-order valence-corrected chi connectivity index (χ1v) is 6.72. The highest BCUT2D eigenvalue weighted by molar-refractivity contribution is 5.96. The molecule has 0 N–H and O–H groups in total. The SMILES string of the molecule is CCC(=O)c1ccc(CC(C)=O)c(OCC(C)C)c1. The number of hydrogen-bond donors (Lipinski definition) is 0. The van der Waals surface area contributed by atoms with E-state index in [2.05, 4.69) is 13.8 Å². The molecule has 0 radical (unpaired) electrons. The molecule has 0 unspecified atom stereocenters. The largest absolute Gasteiger partial charge is 0.493 e. The number of ketones is 2. The molecule has 1 aromatic carbocycles. The van der Waals surface area contributed by atoms with Crippen LogP contribution in [0.5, 0.6) is 5.75 Å². The summed E-state index contributed by atoms with van der Waals surface area (Å²) in [5, 5.41) is 0. The van der Waals surface area contributed by atoms with Crippen molar-refractivity contribution in [1.82, 2.24) is 0 Å². The van der Waals surface area contributed by atoms with Gasteiger partial charge in [0.2, 0.25) is 0 Å². The third-order valence-electron chi connectivity index (χ3n) is 2.72. The van der Waals surface area contributed by atoms with E-state index in [1.165, 1.54) is 0 Å². The van der Waals surface area contributed by atoms with Gasteiger partial charge < -0.3 is 4.74 Å². The van der Waals surface area contributed by atoms with Crippen molar-refractivity contribution < 1.29 is 14.3 Å². The molecule has 1 aromatic rings. The van der Waals surface area contributed by atoms with Crippen LogP contribution in [0.25, 0.3) is 0 Å². The zero-order valence-corrected chi connectivity index (χ0v) is 12.2. The van der Waals surface area contributed by atoms with Crippen molar-refractivity contribution in [3.63, 3.8) is 0 Å². The number of hydrogen-bond acceptors (Lipinski definition) is 3. The molecule has 0 aliphatic rings. The van der Waals surface area contributed by atoms with Crippen LogP contribution in [-0.2, 0) is 11.2 Å². The molecule has 0 fully saturated rings. The summed E-state index contributed by atoms with van der Waals surface area (Å²) in [6, 6.07) is 5.35. The van der Waals surface area contributed by atoms with E-state index in [4.69, 9.17) is 4.74 Å². The Hall–Kier alpha value is -1.64. The summed E-state index contributed by atoms with van der Waals surface area (Å²) in [5.74, 6) is 1.23. The van der Waals surface area contributed by atoms with Crippen molar-refractivity contribution in [2.24, 2.45) is 5.92 Å². The van der Waals surface area contributed by atoms with Crippen LogP contribution < -0.4 is 4.74 Å². The van der Waals surface area contributed by atoms with Crippen molar-refractivity contribution >= 4 is 11.6 Å². The maximum atomic E-state index is 11.7. The second-order valence-electron chi connectivity index (χ2n) is 5.18. The maximum Gasteiger partial charge on any atom is 0.162 e. The Labute approximate surface area is 115 Å². The van der Waals surface area contributed by atoms with Gasteiger partial charge in [0.1, 0.15) is 11.5 Å². The number of rotatable bonds is 7. The molecule has 0 heterocycles. The molecular weight excluding hydrogens is 240 g/mol. The van der Waals surface area contributed by atoms with Gasteiger partial charge in [-0.2, -0.15) is 0 Å². The number of Topliss-reactive ketones (excluding diaryl/α,β-unsaturated/α-hetero) is 2. The van der Waals surface area contributed by atoms with Gasteiger partial charge in [0.25, 0.3) is 0 Å². The predicted octanol–water partition coefficient (Wildman–Crippen LogP) is 3.45. The van der Waals surface area contributed by atoms with E-state index >= 15 is 0 Å². The fraction of sp³-hybridized carbons (Fsp3) is 0.500. The lowest BCUT2D eigenvalue weighted by Crippen LogP contribution is -2.09. The fourth-order valence-corrected chi connectivity index (χ4v) is 1.74. The zero-order chi connectivity index (χ0) is 14.4. The fourth-order valence-electron chi connectivity index (χ4n) is 1.74.